The second-order valence-corrected chi connectivity index (χ2v) is 5.58. The molecule has 96 valence electrons. The van der Waals surface area contributed by atoms with E-state index in [1.54, 1.807) is 0 Å². The molecule has 1 aliphatic rings. The van der Waals surface area contributed by atoms with Gasteiger partial charge in [0.15, 0.2) is 0 Å². The Bertz CT molecular complexity index is 737. The lowest BCUT2D eigenvalue weighted by Crippen LogP contribution is -2.18. The van der Waals surface area contributed by atoms with E-state index >= 15 is 0 Å². The number of aromatic nitrogens is 1. The first kappa shape index (κ1) is 11.1. The SMILES string of the molecule is CNC(c1ccc2[nH]c3ccccc3c2c1)C1CC1. The third-order valence-electron chi connectivity index (χ3n) is 4.29. The minimum absolute atomic E-state index is 0.512. The van der Waals surface area contributed by atoms with E-state index in [0.29, 0.717) is 6.04 Å². The second kappa shape index (κ2) is 4.10. The fourth-order valence-corrected chi connectivity index (χ4v) is 3.16. The van der Waals surface area contributed by atoms with Crippen molar-refractivity contribution in [2.75, 3.05) is 7.05 Å². The molecule has 2 nitrogen and oxygen atoms in total. The van der Waals surface area contributed by atoms with Gasteiger partial charge in [-0.05, 0) is 49.6 Å². The van der Waals surface area contributed by atoms with Gasteiger partial charge in [0.1, 0.15) is 0 Å². The third kappa shape index (κ3) is 1.75. The zero-order valence-electron chi connectivity index (χ0n) is 11.1. The molecule has 2 aromatic carbocycles. The molecule has 1 fully saturated rings. The number of fused-ring (bicyclic) bond motifs is 3. The molecule has 19 heavy (non-hydrogen) atoms. The number of aromatic amines is 1. The lowest BCUT2D eigenvalue weighted by molar-refractivity contribution is 0.529. The number of nitrogens with one attached hydrogen (secondary N) is 2. The smallest absolute Gasteiger partial charge is 0.0465 e. The van der Waals surface area contributed by atoms with Crippen LogP contribution in [0.3, 0.4) is 0 Å². The minimum Gasteiger partial charge on any atom is -0.355 e. The molecule has 0 saturated heterocycles. The Kier molecular flexibility index (Phi) is 2.39. The van der Waals surface area contributed by atoms with Gasteiger partial charge in [0.2, 0.25) is 0 Å². The summed E-state index contributed by atoms with van der Waals surface area (Å²) >= 11 is 0. The monoisotopic (exact) mass is 250 g/mol. The summed E-state index contributed by atoms with van der Waals surface area (Å²) in [5, 5.41) is 6.14. The number of rotatable bonds is 3. The van der Waals surface area contributed by atoms with Crippen molar-refractivity contribution in [1.29, 1.82) is 0 Å². The van der Waals surface area contributed by atoms with Crippen LogP contribution >= 0.6 is 0 Å². The Hall–Kier alpha value is -1.80. The number of H-pyrrole nitrogens is 1. The Balaban J connectivity index is 1.91. The molecule has 1 unspecified atom stereocenters. The summed E-state index contributed by atoms with van der Waals surface area (Å²) in [4.78, 5) is 3.49. The van der Waals surface area contributed by atoms with Crippen LogP contribution in [0, 0.1) is 5.92 Å². The first-order chi connectivity index (χ1) is 9.36. The zero-order chi connectivity index (χ0) is 12.8. The van der Waals surface area contributed by atoms with Crippen LogP contribution in [0.2, 0.25) is 0 Å². The first-order valence-electron chi connectivity index (χ1n) is 7.04. The summed E-state index contributed by atoms with van der Waals surface area (Å²) in [6.45, 7) is 0. The Labute approximate surface area is 112 Å². The summed E-state index contributed by atoms with van der Waals surface area (Å²) in [6, 6.07) is 15.9. The van der Waals surface area contributed by atoms with Gasteiger partial charge in [-0.15, -0.1) is 0 Å². The Morgan fingerprint density at radius 3 is 2.63 bits per heavy atom. The summed E-state index contributed by atoms with van der Waals surface area (Å²) in [5.41, 5.74) is 3.87. The highest BCUT2D eigenvalue weighted by Crippen LogP contribution is 2.41. The predicted octanol–water partition coefficient (Wildman–Crippen LogP) is 3.99. The Morgan fingerprint density at radius 2 is 1.84 bits per heavy atom. The van der Waals surface area contributed by atoms with Crippen LogP contribution in [0.5, 0.6) is 0 Å². The molecule has 1 atom stereocenters. The fourth-order valence-electron chi connectivity index (χ4n) is 3.16. The van der Waals surface area contributed by atoms with E-state index in [0.717, 1.165) is 5.92 Å². The van der Waals surface area contributed by atoms with Crippen LogP contribution in [-0.4, -0.2) is 12.0 Å². The highest BCUT2D eigenvalue weighted by Gasteiger charge is 2.31. The lowest BCUT2D eigenvalue weighted by Gasteiger charge is -2.15. The number of para-hydroxylation sites is 1. The van der Waals surface area contributed by atoms with Gasteiger partial charge >= 0.3 is 0 Å². The van der Waals surface area contributed by atoms with E-state index < -0.39 is 0 Å². The summed E-state index contributed by atoms with van der Waals surface area (Å²) in [7, 11) is 2.07. The van der Waals surface area contributed by atoms with Crippen molar-refractivity contribution in [3.63, 3.8) is 0 Å². The molecular weight excluding hydrogens is 232 g/mol. The van der Waals surface area contributed by atoms with Crippen molar-refractivity contribution in [3.05, 3.63) is 48.0 Å². The van der Waals surface area contributed by atoms with Crippen LogP contribution in [0.15, 0.2) is 42.5 Å². The van der Waals surface area contributed by atoms with Crippen LogP contribution in [0.25, 0.3) is 21.8 Å². The van der Waals surface area contributed by atoms with E-state index in [2.05, 4.69) is 59.8 Å². The molecule has 0 amide bonds. The van der Waals surface area contributed by atoms with Crippen molar-refractivity contribution < 1.29 is 0 Å². The van der Waals surface area contributed by atoms with Gasteiger partial charge < -0.3 is 10.3 Å². The van der Waals surface area contributed by atoms with E-state index in [9.17, 15) is 0 Å². The topological polar surface area (TPSA) is 27.8 Å². The van der Waals surface area contributed by atoms with Gasteiger partial charge in [-0.3, -0.25) is 0 Å². The molecule has 3 aromatic rings. The largest absolute Gasteiger partial charge is 0.355 e. The Morgan fingerprint density at radius 1 is 1.05 bits per heavy atom. The number of hydrogen-bond acceptors (Lipinski definition) is 1. The average molecular weight is 250 g/mol. The van der Waals surface area contributed by atoms with Crippen molar-refractivity contribution in [2.24, 2.45) is 5.92 Å². The highest BCUT2D eigenvalue weighted by atomic mass is 14.9. The molecular formula is C17H18N2. The maximum Gasteiger partial charge on any atom is 0.0465 e. The average Bonchev–Trinajstić information content (AvgIpc) is 3.20. The molecule has 4 rings (SSSR count). The summed E-state index contributed by atoms with van der Waals surface area (Å²) in [6.07, 6.45) is 2.72. The van der Waals surface area contributed by atoms with Gasteiger partial charge in [-0.1, -0.05) is 24.3 Å². The van der Waals surface area contributed by atoms with E-state index in [4.69, 9.17) is 0 Å². The molecule has 0 aliphatic heterocycles. The maximum atomic E-state index is 3.49. The number of hydrogen-bond donors (Lipinski definition) is 2. The lowest BCUT2D eigenvalue weighted by atomic mass is 10.00. The van der Waals surface area contributed by atoms with Crippen molar-refractivity contribution >= 4 is 21.8 Å². The van der Waals surface area contributed by atoms with Crippen molar-refractivity contribution in [1.82, 2.24) is 10.3 Å². The fraction of sp³-hybridized carbons (Fsp3) is 0.294. The normalized spacial score (nSPS) is 17.1. The predicted molar refractivity (Wildman–Crippen MR) is 80.3 cm³/mol. The molecule has 1 aromatic heterocycles. The van der Waals surface area contributed by atoms with Gasteiger partial charge in [-0.25, -0.2) is 0 Å². The molecule has 2 heteroatoms. The highest BCUT2D eigenvalue weighted by molar-refractivity contribution is 6.07. The van der Waals surface area contributed by atoms with Gasteiger partial charge in [0.25, 0.3) is 0 Å². The van der Waals surface area contributed by atoms with Gasteiger partial charge in [-0.2, -0.15) is 0 Å². The van der Waals surface area contributed by atoms with Crippen LogP contribution in [0.4, 0.5) is 0 Å². The zero-order valence-corrected chi connectivity index (χ0v) is 11.1. The van der Waals surface area contributed by atoms with Crippen LogP contribution in [0.1, 0.15) is 24.4 Å². The van der Waals surface area contributed by atoms with Crippen molar-refractivity contribution in [2.45, 2.75) is 18.9 Å². The van der Waals surface area contributed by atoms with Crippen LogP contribution in [-0.2, 0) is 0 Å². The van der Waals surface area contributed by atoms with E-state index in [1.165, 1.54) is 40.2 Å². The first-order valence-corrected chi connectivity index (χ1v) is 7.04. The molecule has 1 aliphatic carbocycles. The summed E-state index contributed by atoms with van der Waals surface area (Å²) < 4.78 is 0. The molecule has 1 heterocycles. The second-order valence-electron chi connectivity index (χ2n) is 5.58. The standard InChI is InChI=1S/C17H18N2/c1-18-17(11-6-7-11)12-8-9-16-14(10-12)13-4-2-3-5-15(13)19-16/h2-5,8-11,17-19H,6-7H2,1H3. The van der Waals surface area contributed by atoms with Crippen LogP contribution < -0.4 is 5.32 Å². The van der Waals surface area contributed by atoms with Crippen molar-refractivity contribution in [3.8, 4) is 0 Å². The van der Waals surface area contributed by atoms with Gasteiger partial charge in [0, 0.05) is 27.8 Å². The maximum absolute atomic E-state index is 3.49. The summed E-state index contributed by atoms with van der Waals surface area (Å²) in [5.74, 6) is 0.827. The molecule has 0 bridgehead atoms. The van der Waals surface area contributed by atoms with Gasteiger partial charge in [0.05, 0.1) is 0 Å². The van der Waals surface area contributed by atoms with E-state index in [-0.39, 0.29) is 0 Å². The molecule has 0 spiro atoms. The minimum atomic E-state index is 0.512. The molecule has 0 radical (unpaired) electrons. The third-order valence-corrected chi connectivity index (χ3v) is 4.29. The molecule has 2 N–H and O–H groups in total. The van der Waals surface area contributed by atoms with E-state index in [1.807, 2.05) is 0 Å². The molecule has 1 saturated carbocycles. The quantitative estimate of drug-likeness (QED) is 0.722. The number of benzene rings is 2.